The molecule has 0 heterocycles. The van der Waals surface area contributed by atoms with Gasteiger partial charge in [0.15, 0.2) is 9.84 Å². The van der Waals surface area contributed by atoms with E-state index in [1.165, 1.54) is 6.07 Å². The van der Waals surface area contributed by atoms with E-state index in [-0.39, 0.29) is 34.9 Å². The molecule has 0 saturated heterocycles. The molecular weight excluding hydrogens is 483 g/mol. The van der Waals surface area contributed by atoms with Gasteiger partial charge >= 0.3 is 6.18 Å². The molecule has 1 aliphatic rings. The van der Waals surface area contributed by atoms with E-state index in [2.05, 4.69) is 16.0 Å². The van der Waals surface area contributed by atoms with Gasteiger partial charge in [0.05, 0.1) is 23.1 Å². The molecule has 7 nitrogen and oxygen atoms in total. The Bertz CT molecular complexity index is 1000. The van der Waals surface area contributed by atoms with Crippen LogP contribution in [0, 0.1) is 5.92 Å². The molecule has 1 aromatic carbocycles. The minimum atomic E-state index is -4.58. The van der Waals surface area contributed by atoms with E-state index in [1.807, 2.05) is 20.8 Å². The molecule has 3 N–H and O–H groups in total. The molecule has 0 radical (unpaired) electrons. The highest BCUT2D eigenvalue weighted by Gasteiger charge is 2.36. The molecule has 3 atom stereocenters. The Kier molecular flexibility index (Phi) is 9.38. The molecule has 198 valence electrons. The summed E-state index contributed by atoms with van der Waals surface area (Å²) >= 11 is 0. The van der Waals surface area contributed by atoms with Gasteiger partial charge in [0.1, 0.15) is 0 Å². The number of rotatable bonds is 8. The summed E-state index contributed by atoms with van der Waals surface area (Å²) in [6.07, 6.45) is -2.69. The fraction of sp³-hybridized carbons (Fsp3) is 0.667. The maximum atomic E-state index is 12.9. The van der Waals surface area contributed by atoms with E-state index in [0.717, 1.165) is 24.6 Å². The van der Waals surface area contributed by atoms with E-state index in [4.69, 9.17) is 0 Å². The first kappa shape index (κ1) is 29.1. The average Bonchev–Trinajstić information content (AvgIpc) is 2.72. The molecule has 1 aliphatic carbocycles. The van der Waals surface area contributed by atoms with Crippen LogP contribution in [-0.4, -0.2) is 55.4 Å². The molecule has 0 unspecified atom stereocenters. The minimum absolute atomic E-state index is 0.0610. The van der Waals surface area contributed by atoms with E-state index >= 15 is 0 Å². The van der Waals surface area contributed by atoms with Crippen LogP contribution in [-0.2, 0) is 20.8 Å². The van der Waals surface area contributed by atoms with Crippen molar-refractivity contribution in [3.05, 3.63) is 35.4 Å². The topological polar surface area (TPSA) is 104 Å². The summed E-state index contributed by atoms with van der Waals surface area (Å²) in [5, 5.41) is 8.14. The fourth-order valence-corrected chi connectivity index (χ4v) is 5.58. The molecule has 0 spiro atoms. The zero-order valence-electron chi connectivity index (χ0n) is 20.8. The molecule has 1 saturated carbocycles. The third kappa shape index (κ3) is 9.10. The van der Waals surface area contributed by atoms with Gasteiger partial charge in [-0.2, -0.15) is 13.2 Å². The highest BCUT2D eigenvalue weighted by Crippen LogP contribution is 2.30. The first-order valence-corrected chi connectivity index (χ1v) is 13.4. The molecule has 0 aromatic heterocycles. The predicted octanol–water partition coefficient (Wildman–Crippen LogP) is 3.30. The predicted molar refractivity (Wildman–Crippen MR) is 129 cm³/mol. The molecule has 35 heavy (non-hydrogen) atoms. The third-order valence-electron chi connectivity index (χ3n) is 5.99. The first-order chi connectivity index (χ1) is 16.0. The van der Waals surface area contributed by atoms with Crippen LogP contribution in [0.2, 0.25) is 0 Å². The number of sulfone groups is 1. The van der Waals surface area contributed by atoms with Crippen molar-refractivity contribution in [2.75, 3.05) is 12.3 Å². The van der Waals surface area contributed by atoms with Crippen LogP contribution in [0.5, 0.6) is 0 Å². The summed E-state index contributed by atoms with van der Waals surface area (Å²) in [7, 11) is -3.35. The number of nitrogens with one attached hydrogen (secondary N) is 3. The maximum absolute atomic E-state index is 12.9. The van der Waals surface area contributed by atoms with Crippen LogP contribution in [0.1, 0.15) is 69.8 Å². The van der Waals surface area contributed by atoms with E-state index < -0.39 is 45.2 Å². The van der Waals surface area contributed by atoms with E-state index in [9.17, 15) is 31.2 Å². The van der Waals surface area contributed by atoms with Gasteiger partial charge in [0.25, 0.3) is 5.91 Å². The zero-order chi connectivity index (χ0) is 26.6. The molecule has 0 bridgehead atoms. The van der Waals surface area contributed by atoms with Crippen molar-refractivity contribution >= 4 is 21.7 Å². The Labute approximate surface area is 205 Å². The van der Waals surface area contributed by atoms with Crippen molar-refractivity contribution in [3.63, 3.8) is 0 Å². The molecule has 1 fully saturated rings. The van der Waals surface area contributed by atoms with Crippen molar-refractivity contribution in [3.8, 4) is 0 Å². The van der Waals surface area contributed by atoms with Crippen molar-refractivity contribution in [2.45, 2.75) is 82.9 Å². The van der Waals surface area contributed by atoms with Crippen LogP contribution >= 0.6 is 0 Å². The monoisotopic (exact) mass is 519 g/mol. The number of amides is 2. The second-order valence-electron chi connectivity index (χ2n) is 10.5. The number of carbonyl (C=O) groups excluding carboxylic acids is 2. The van der Waals surface area contributed by atoms with Gasteiger partial charge in [-0.3, -0.25) is 9.59 Å². The second kappa shape index (κ2) is 11.3. The summed E-state index contributed by atoms with van der Waals surface area (Å²) in [4.78, 5) is 24.8. The van der Waals surface area contributed by atoms with Crippen LogP contribution < -0.4 is 16.0 Å². The standard InChI is InChI=1S/C24H36F3N3O4S/c1-15(2)35(33,34)14-17-12-19(30-23(3,4)5)9-10-20(17)29-21(31)13-28-22(32)16-7-6-8-18(11-16)24(25,26)27/h6-8,11,15,17,19-20,30H,9-10,12-14H2,1-5H3,(H,28,32)(H,29,31)/t17-,19-,20+/m1/s1. The largest absolute Gasteiger partial charge is 0.416 e. The molecule has 0 aliphatic heterocycles. The van der Waals surface area contributed by atoms with Crippen molar-refractivity contribution in [1.82, 2.24) is 16.0 Å². The Balaban J connectivity index is 2.03. The summed E-state index contributed by atoms with van der Waals surface area (Å²) < 4.78 is 63.9. The molecule has 11 heteroatoms. The van der Waals surface area contributed by atoms with Crippen LogP contribution in [0.4, 0.5) is 13.2 Å². The lowest BCUT2D eigenvalue weighted by Crippen LogP contribution is -2.54. The third-order valence-corrected chi connectivity index (χ3v) is 8.32. The highest BCUT2D eigenvalue weighted by molar-refractivity contribution is 7.91. The molecular formula is C24H36F3N3O4S. The second-order valence-corrected chi connectivity index (χ2v) is 13.1. The average molecular weight is 520 g/mol. The Morgan fingerprint density at radius 3 is 2.34 bits per heavy atom. The Morgan fingerprint density at radius 1 is 1.11 bits per heavy atom. The quantitative estimate of drug-likeness (QED) is 0.489. The maximum Gasteiger partial charge on any atom is 0.416 e. The van der Waals surface area contributed by atoms with Gasteiger partial charge in [-0.15, -0.1) is 0 Å². The number of alkyl halides is 3. The van der Waals surface area contributed by atoms with Gasteiger partial charge in [-0.1, -0.05) is 6.07 Å². The number of benzene rings is 1. The number of hydrogen-bond donors (Lipinski definition) is 3. The van der Waals surface area contributed by atoms with Gasteiger partial charge in [0.2, 0.25) is 5.91 Å². The van der Waals surface area contributed by atoms with Gasteiger partial charge < -0.3 is 16.0 Å². The van der Waals surface area contributed by atoms with E-state index in [1.54, 1.807) is 13.8 Å². The van der Waals surface area contributed by atoms with E-state index in [0.29, 0.717) is 12.8 Å². The van der Waals surface area contributed by atoms with Crippen molar-refractivity contribution < 1.29 is 31.2 Å². The lowest BCUT2D eigenvalue weighted by Gasteiger charge is -2.39. The zero-order valence-corrected chi connectivity index (χ0v) is 21.6. The summed E-state index contributed by atoms with van der Waals surface area (Å²) in [5.41, 5.74) is -1.30. The van der Waals surface area contributed by atoms with Crippen LogP contribution in [0.3, 0.4) is 0 Å². The van der Waals surface area contributed by atoms with Crippen molar-refractivity contribution in [1.29, 1.82) is 0 Å². The highest BCUT2D eigenvalue weighted by atomic mass is 32.2. The Morgan fingerprint density at radius 2 is 1.77 bits per heavy atom. The lowest BCUT2D eigenvalue weighted by molar-refractivity contribution is -0.137. The number of carbonyl (C=O) groups is 2. The van der Waals surface area contributed by atoms with Crippen LogP contribution in [0.25, 0.3) is 0 Å². The summed E-state index contributed by atoms with van der Waals surface area (Å²) in [5.74, 6) is -1.69. The van der Waals surface area contributed by atoms with Gasteiger partial charge in [-0.25, -0.2) is 8.42 Å². The first-order valence-electron chi connectivity index (χ1n) is 11.7. The fourth-order valence-electron chi connectivity index (χ4n) is 4.23. The minimum Gasteiger partial charge on any atom is -0.352 e. The number of hydrogen-bond acceptors (Lipinski definition) is 5. The Hall–Kier alpha value is -2.14. The molecule has 2 amide bonds. The molecule has 1 aromatic rings. The lowest BCUT2D eigenvalue weighted by atomic mass is 9.81. The summed E-state index contributed by atoms with van der Waals surface area (Å²) in [6, 6.07) is 3.67. The van der Waals surface area contributed by atoms with Crippen LogP contribution in [0.15, 0.2) is 24.3 Å². The number of halogens is 3. The normalized spacial score (nSPS) is 21.6. The smallest absolute Gasteiger partial charge is 0.352 e. The summed E-state index contributed by atoms with van der Waals surface area (Å²) in [6.45, 7) is 8.92. The van der Waals surface area contributed by atoms with Crippen molar-refractivity contribution in [2.24, 2.45) is 5.92 Å². The SMILES string of the molecule is CC(C)S(=O)(=O)C[C@H]1C[C@H](NC(C)(C)C)CC[C@@H]1NC(=O)CNC(=O)c1cccc(C(F)(F)F)c1. The van der Waals surface area contributed by atoms with Gasteiger partial charge in [0, 0.05) is 23.2 Å². The molecule has 2 rings (SSSR count). The van der Waals surface area contributed by atoms with Gasteiger partial charge in [-0.05, 0) is 78.0 Å².